The van der Waals surface area contributed by atoms with E-state index in [1.54, 1.807) is 0 Å². The molecule has 0 saturated heterocycles. The van der Waals surface area contributed by atoms with Crippen LogP contribution in [0.4, 0.5) is 0 Å². The summed E-state index contributed by atoms with van der Waals surface area (Å²) in [6, 6.07) is 1.60. The zero-order valence-corrected chi connectivity index (χ0v) is 11.6. The second-order valence-electron chi connectivity index (χ2n) is 5.57. The van der Waals surface area contributed by atoms with Crippen LogP contribution in [0.25, 0.3) is 0 Å². The van der Waals surface area contributed by atoms with E-state index in [2.05, 4.69) is 26.1 Å². The van der Waals surface area contributed by atoms with Crippen molar-refractivity contribution in [1.82, 2.24) is 5.32 Å². The van der Waals surface area contributed by atoms with Crippen LogP contribution in [-0.4, -0.2) is 12.1 Å². The predicted octanol–water partition coefficient (Wildman–Crippen LogP) is 4.51. The molecule has 1 N–H and O–H groups in total. The van der Waals surface area contributed by atoms with Crippen LogP contribution >= 0.6 is 0 Å². The first-order chi connectivity index (χ1) is 7.80. The summed E-state index contributed by atoms with van der Waals surface area (Å²) < 4.78 is 0. The molecule has 0 radical (unpaired) electrons. The molecule has 1 heteroatoms. The number of nitrogens with one attached hydrogen (secondary N) is 1. The topological polar surface area (TPSA) is 12.0 Å². The smallest absolute Gasteiger partial charge is 0.00698 e. The Morgan fingerprint density at radius 1 is 1.00 bits per heavy atom. The lowest BCUT2D eigenvalue weighted by Crippen LogP contribution is -2.40. The molecule has 0 aliphatic heterocycles. The molecule has 96 valence electrons. The Morgan fingerprint density at radius 2 is 1.69 bits per heavy atom. The summed E-state index contributed by atoms with van der Waals surface area (Å²) in [7, 11) is 0. The Labute approximate surface area is 102 Å². The standard InChI is InChI=1S/C15H31N/c1-4-7-13-9-11-15(12-10-13)16-14(6-3)8-5-2/h13-16H,4-12H2,1-3H3. The van der Waals surface area contributed by atoms with Gasteiger partial charge in [-0.3, -0.25) is 0 Å². The van der Waals surface area contributed by atoms with Crippen molar-refractivity contribution in [3.63, 3.8) is 0 Å². The third-order valence-electron chi connectivity index (χ3n) is 4.15. The fourth-order valence-corrected chi connectivity index (χ4v) is 3.11. The Balaban J connectivity index is 2.20. The molecule has 0 aromatic heterocycles. The van der Waals surface area contributed by atoms with Crippen molar-refractivity contribution in [2.75, 3.05) is 0 Å². The molecule has 0 bridgehead atoms. The van der Waals surface area contributed by atoms with Gasteiger partial charge in [0.1, 0.15) is 0 Å². The molecule has 1 aliphatic rings. The van der Waals surface area contributed by atoms with Gasteiger partial charge in [-0.1, -0.05) is 40.0 Å². The fraction of sp³-hybridized carbons (Fsp3) is 1.00. The van der Waals surface area contributed by atoms with E-state index in [-0.39, 0.29) is 0 Å². The van der Waals surface area contributed by atoms with Crippen molar-refractivity contribution < 1.29 is 0 Å². The van der Waals surface area contributed by atoms with Crippen LogP contribution in [0.2, 0.25) is 0 Å². The molecule has 1 atom stereocenters. The van der Waals surface area contributed by atoms with E-state index < -0.39 is 0 Å². The van der Waals surface area contributed by atoms with Gasteiger partial charge in [0.05, 0.1) is 0 Å². The van der Waals surface area contributed by atoms with Crippen LogP contribution in [0.1, 0.15) is 78.6 Å². The Hall–Kier alpha value is -0.0400. The van der Waals surface area contributed by atoms with Crippen LogP contribution in [0.3, 0.4) is 0 Å². The van der Waals surface area contributed by atoms with Gasteiger partial charge < -0.3 is 5.32 Å². The summed E-state index contributed by atoms with van der Waals surface area (Å²) in [5.74, 6) is 1.04. The molecular weight excluding hydrogens is 194 g/mol. The molecule has 1 fully saturated rings. The maximum Gasteiger partial charge on any atom is 0.00698 e. The van der Waals surface area contributed by atoms with Gasteiger partial charge in [0.2, 0.25) is 0 Å². The van der Waals surface area contributed by atoms with Crippen molar-refractivity contribution in [2.45, 2.75) is 90.6 Å². The lowest BCUT2D eigenvalue weighted by Gasteiger charge is -2.32. The molecule has 0 heterocycles. The van der Waals surface area contributed by atoms with Gasteiger partial charge in [0.15, 0.2) is 0 Å². The molecular formula is C15H31N. The molecule has 0 spiro atoms. The van der Waals surface area contributed by atoms with E-state index >= 15 is 0 Å². The largest absolute Gasteiger partial charge is 0.311 e. The van der Waals surface area contributed by atoms with Gasteiger partial charge in [-0.25, -0.2) is 0 Å². The molecule has 0 aromatic carbocycles. The van der Waals surface area contributed by atoms with E-state index in [0.29, 0.717) is 0 Å². The van der Waals surface area contributed by atoms with Gasteiger partial charge in [-0.2, -0.15) is 0 Å². The third kappa shape index (κ3) is 4.86. The summed E-state index contributed by atoms with van der Waals surface area (Å²) >= 11 is 0. The number of rotatable bonds is 7. The highest BCUT2D eigenvalue weighted by Gasteiger charge is 2.21. The maximum atomic E-state index is 3.87. The summed E-state index contributed by atoms with van der Waals surface area (Å²) in [5.41, 5.74) is 0. The minimum atomic E-state index is 0.776. The average molecular weight is 225 g/mol. The zero-order chi connectivity index (χ0) is 11.8. The van der Waals surface area contributed by atoms with Crippen molar-refractivity contribution in [3.8, 4) is 0 Å². The summed E-state index contributed by atoms with van der Waals surface area (Å²) in [6.07, 6.45) is 12.6. The molecule has 1 aliphatic carbocycles. The normalized spacial score (nSPS) is 27.9. The summed E-state index contributed by atoms with van der Waals surface area (Å²) in [5, 5.41) is 3.87. The zero-order valence-electron chi connectivity index (χ0n) is 11.6. The van der Waals surface area contributed by atoms with Crippen LogP contribution in [0, 0.1) is 5.92 Å². The fourth-order valence-electron chi connectivity index (χ4n) is 3.11. The first-order valence-corrected chi connectivity index (χ1v) is 7.56. The minimum absolute atomic E-state index is 0.776. The molecule has 0 aromatic rings. The van der Waals surface area contributed by atoms with E-state index in [1.807, 2.05) is 0 Å². The number of hydrogen-bond donors (Lipinski definition) is 1. The first kappa shape index (κ1) is 14.0. The van der Waals surface area contributed by atoms with Gasteiger partial charge in [0, 0.05) is 12.1 Å². The predicted molar refractivity (Wildman–Crippen MR) is 72.8 cm³/mol. The second-order valence-corrected chi connectivity index (χ2v) is 5.57. The monoisotopic (exact) mass is 225 g/mol. The van der Waals surface area contributed by atoms with Crippen molar-refractivity contribution in [3.05, 3.63) is 0 Å². The van der Waals surface area contributed by atoms with Gasteiger partial charge >= 0.3 is 0 Å². The van der Waals surface area contributed by atoms with Crippen molar-refractivity contribution in [1.29, 1.82) is 0 Å². The van der Waals surface area contributed by atoms with E-state index in [0.717, 1.165) is 18.0 Å². The second kappa shape index (κ2) is 8.11. The molecule has 1 unspecified atom stereocenters. The minimum Gasteiger partial charge on any atom is -0.311 e. The molecule has 16 heavy (non-hydrogen) atoms. The highest BCUT2D eigenvalue weighted by Crippen LogP contribution is 2.28. The lowest BCUT2D eigenvalue weighted by molar-refractivity contribution is 0.256. The van der Waals surface area contributed by atoms with Crippen LogP contribution in [-0.2, 0) is 0 Å². The number of hydrogen-bond acceptors (Lipinski definition) is 1. The molecule has 1 nitrogen and oxygen atoms in total. The summed E-state index contributed by atoms with van der Waals surface area (Å²) in [4.78, 5) is 0. The van der Waals surface area contributed by atoms with Crippen LogP contribution in [0.15, 0.2) is 0 Å². The Kier molecular flexibility index (Phi) is 7.11. The summed E-state index contributed by atoms with van der Waals surface area (Å²) in [6.45, 7) is 6.93. The molecule has 1 rings (SSSR count). The van der Waals surface area contributed by atoms with Crippen molar-refractivity contribution in [2.24, 2.45) is 5.92 Å². The highest BCUT2D eigenvalue weighted by atomic mass is 14.9. The van der Waals surface area contributed by atoms with E-state index in [4.69, 9.17) is 0 Å². The Morgan fingerprint density at radius 3 is 2.19 bits per heavy atom. The lowest BCUT2D eigenvalue weighted by atomic mass is 9.83. The quantitative estimate of drug-likeness (QED) is 0.672. The van der Waals surface area contributed by atoms with Gasteiger partial charge in [-0.05, 0) is 44.4 Å². The van der Waals surface area contributed by atoms with Gasteiger partial charge in [0.25, 0.3) is 0 Å². The SMILES string of the molecule is CCCC1CCC(NC(CC)CCC)CC1. The highest BCUT2D eigenvalue weighted by molar-refractivity contribution is 4.80. The van der Waals surface area contributed by atoms with E-state index in [1.165, 1.54) is 57.8 Å². The average Bonchev–Trinajstić information content (AvgIpc) is 2.31. The van der Waals surface area contributed by atoms with Crippen LogP contribution in [0.5, 0.6) is 0 Å². The molecule has 0 amide bonds. The first-order valence-electron chi connectivity index (χ1n) is 7.56. The Bertz CT molecular complexity index is 159. The third-order valence-corrected chi connectivity index (χ3v) is 4.15. The van der Waals surface area contributed by atoms with E-state index in [9.17, 15) is 0 Å². The van der Waals surface area contributed by atoms with Gasteiger partial charge in [-0.15, -0.1) is 0 Å². The maximum absolute atomic E-state index is 3.87. The van der Waals surface area contributed by atoms with Crippen LogP contribution < -0.4 is 5.32 Å². The van der Waals surface area contributed by atoms with Crippen molar-refractivity contribution >= 4 is 0 Å². The molecule has 1 saturated carbocycles.